The fraction of sp³-hybridized carbons (Fsp3) is 0.909. The van der Waals surface area contributed by atoms with Crippen LogP contribution in [0.1, 0.15) is 40.5 Å². The molecule has 1 heterocycles. The second kappa shape index (κ2) is 3.32. The van der Waals surface area contributed by atoms with E-state index >= 15 is 0 Å². The number of thiocarbonyl (C=S) groups is 1. The average molecular weight is 199 g/mol. The lowest BCUT2D eigenvalue weighted by Crippen LogP contribution is -2.58. The highest BCUT2D eigenvalue weighted by Crippen LogP contribution is 2.39. The molecule has 0 aromatic heterocycles. The molecular weight excluding hydrogens is 178 g/mol. The predicted molar refractivity (Wildman–Crippen MR) is 62.3 cm³/mol. The van der Waals surface area contributed by atoms with Crippen molar-refractivity contribution >= 4 is 17.6 Å². The minimum absolute atomic E-state index is 0.279. The zero-order valence-corrected chi connectivity index (χ0v) is 10.2. The summed E-state index contributed by atoms with van der Waals surface area (Å²) >= 11 is 5.07. The molecule has 13 heavy (non-hydrogen) atoms. The van der Waals surface area contributed by atoms with Gasteiger partial charge in [-0.05, 0) is 58.9 Å². The zero-order valence-electron chi connectivity index (χ0n) is 9.42. The molecule has 0 atom stereocenters. The van der Waals surface area contributed by atoms with Crippen LogP contribution in [0.2, 0.25) is 0 Å². The van der Waals surface area contributed by atoms with E-state index in [1.54, 1.807) is 0 Å². The van der Waals surface area contributed by atoms with E-state index in [1.807, 2.05) is 5.37 Å². The minimum Gasteiger partial charge on any atom is -0.296 e. The summed E-state index contributed by atoms with van der Waals surface area (Å²) in [6.45, 7) is 9.22. The summed E-state index contributed by atoms with van der Waals surface area (Å²) in [5, 5.41) is 1.95. The third-order valence-electron chi connectivity index (χ3n) is 3.53. The van der Waals surface area contributed by atoms with E-state index in [4.69, 9.17) is 12.2 Å². The molecule has 1 aliphatic heterocycles. The van der Waals surface area contributed by atoms with E-state index in [2.05, 4.69) is 39.6 Å². The number of hydrogen-bond acceptors (Lipinski definition) is 2. The first-order valence-electron chi connectivity index (χ1n) is 4.99. The van der Waals surface area contributed by atoms with Gasteiger partial charge in [-0.3, -0.25) is 4.90 Å². The summed E-state index contributed by atoms with van der Waals surface area (Å²) in [6, 6.07) is 0. The van der Waals surface area contributed by atoms with Crippen molar-refractivity contribution in [3.05, 3.63) is 0 Å². The van der Waals surface area contributed by atoms with Crippen LogP contribution in [0, 0.1) is 5.92 Å². The molecular formula is C11H21NS. The molecule has 0 N–H and O–H groups in total. The predicted octanol–water partition coefficient (Wildman–Crippen LogP) is 2.89. The van der Waals surface area contributed by atoms with Crippen LogP contribution in [0.15, 0.2) is 0 Å². The summed E-state index contributed by atoms with van der Waals surface area (Å²) in [5.41, 5.74) is 0.559. The van der Waals surface area contributed by atoms with Gasteiger partial charge in [0.25, 0.3) is 0 Å². The van der Waals surface area contributed by atoms with Gasteiger partial charge in [0.2, 0.25) is 0 Å². The summed E-state index contributed by atoms with van der Waals surface area (Å²) in [6.07, 6.45) is 2.38. The normalized spacial score (nSPS) is 28.7. The van der Waals surface area contributed by atoms with Crippen molar-refractivity contribution in [3.63, 3.8) is 0 Å². The molecule has 0 radical (unpaired) electrons. The molecule has 1 aliphatic rings. The number of hydrogen-bond donors (Lipinski definition) is 0. The second-order valence-corrected chi connectivity index (χ2v) is 5.76. The molecule has 0 spiro atoms. The van der Waals surface area contributed by atoms with Crippen molar-refractivity contribution < 1.29 is 0 Å². The van der Waals surface area contributed by atoms with Gasteiger partial charge in [0.1, 0.15) is 0 Å². The molecule has 1 saturated heterocycles. The molecule has 0 aromatic carbocycles. The van der Waals surface area contributed by atoms with Crippen LogP contribution in [0.4, 0.5) is 0 Å². The number of piperidine rings is 1. The average Bonchev–Trinajstić information content (AvgIpc) is 1.99. The number of rotatable bonds is 1. The van der Waals surface area contributed by atoms with Crippen molar-refractivity contribution in [1.29, 1.82) is 0 Å². The third kappa shape index (κ3) is 2.10. The first kappa shape index (κ1) is 11.1. The van der Waals surface area contributed by atoms with Gasteiger partial charge >= 0.3 is 0 Å². The maximum absolute atomic E-state index is 5.07. The minimum atomic E-state index is 0.279. The van der Waals surface area contributed by atoms with Gasteiger partial charge in [0, 0.05) is 11.1 Å². The first-order valence-corrected chi connectivity index (χ1v) is 5.46. The molecule has 0 aromatic rings. The van der Waals surface area contributed by atoms with Crippen LogP contribution in [0.5, 0.6) is 0 Å². The number of nitrogens with zero attached hydrogens (tertiary/aromatic N) is 1. The Balaban J connectivity index is 2.88. The largest absolute Gasteiger partial charge is 0.296 e. The molecule has 1 nitrogen and oxygen atoms in total. The molecule has 2 heteroatoms. The van der Waals surface area contributed by atoms with Crippen molar-refractivity contribution in [2.75, 3.05) is 7.05 Å². The monoisotopic (exact) mass is 199 g/mol. The topological polar surface area (TPSA) is 3.24 Å². The Hall–Kier alpha value is 0.0500. The Kier molecular flexibility index (Phi) is 2.84. The Morgan fingerprint density at radius 2 is 1.54 bits per heavy atom. The molecule has 1 rings (SSSR count). The van der Waals surface area contributed by atoms with Crippen molar-refractivity contribution in [3.8, 4) is 0 Å². The fourth-order valence-corrected chi connectivity index (χ4v) is 2.74. The van der Waals surface area contributed by atoms with Crippen molar-refractivity contribution in [2.24, 2.45) is 5.92 Å². The van der Waals surface area contributed by atoms with E-state index < -0.39 is 0 Å². The molecule has 76 valence electrons. The Morgan fingerprint density at radius 3 is 1.85 bits per heavy atom. The fourth-order valence-electron chi connectivity index (χ4n) is 2.54. The van der Waals surface area contributed by atoms with Crippen LogP contribution in [-0.4, -0.2) is 28.4 Å². The lowest BCUT2D eigenvalue weighted by atomic mass is 9.75. The SMILES string of the molecule is CN1C(C)(C)CC(C=S)CC1(C)C. The standard InChI is InChI=1S/C11H21NS/c1-10(2)6-9(8-13)7-11(3,4)12(10)5/h8-9H,6-7H2,1-5H3. The van der Waals surface area contributed by atoms with E-state index in [0.717, 1.165) is 0 Å². The Labute approximate surface area is 87.5 Å². The highest BCUT2D eigenvalue weighted by Gasteiger charge is 2.42. The summed E-state index contributed by atoms with van der Waals surface area (Å²) in [7, 11) is 2.22. The zero-order chi connectivity index (χ0) is 10.3. The van der Waals surface area contributed by atoms with Crippen molar-refractivity contribution in [2.45, 2.75) is 51.6 Å². The smallest absolute Gasteiger partial charge is 0.0161 e. The van der Waals surface area contributed by atoms with Gasteiger partial charge in [-0.15, -0.1) is 0 Å². The maximum atomic E-state index is 5.07. The van der Waals surface area contributed by atoms with E-state index in [1.165, 1.54) is 12.8 Å². The summed E-state index contributed by atoms with van der Waals surface area (Å²) in [4.78, 5) is 2.48. The highest BCUT2D eigenvalue weighted by atomic mass is 32.1. The van der Waals surface area contributed by atoms with Gasteiger partial charge in [-0.2, -0.15) is 0 Å². The molecule has 0 bridgehead atoms. The van der Waals surface area contributed by atoms with E-state index in [9.17, 15) is 0 Å². The highest BCUT2D eigenvalue weighted by molar-refractivity contribution is 7.79. The number of likely N-dealkylation sites (tertiary alicyclic amines) is 1. The van der Waals surface area contributed by atoms with Crippen LogP contribution < -0.4 is 0 Å². The lowest BCUT2D eigenvalue weighted by Gasteiger charge is -2.53. The van der Waals surface area contributed by atoms with Gasteiger partial charge in [-0.1, -0.05) is 12.2 Å². The van der Waals surface area contributed by atoms with E-state index in [-0.39, 0.29) is 11.1 Å². The van der Waals surface area contributed by atoms with Gasteiger partial charge in [0.15, 0.2) is 0 Å². The second-order valence-electron chi connectivity index (χ2n) is 5.49. The quantitative estimate of drug-likeness (QED) is 0.597. The molecule has 0 saturated carbocycles. The molecule has 0 aliphatic carbocycles. The maximum Gasteiger partial charge on any atom is 0.0161 e. The molecule has 0 unspecified atom stereocenters. The van der Waals surface area contributed by atoms with Crippen molar-refractivity contribution in [1.82, 2.24) is 4.90 Å². The van der Waals surface area contributed by atoms with E-state index in [0.29, 0.717) is 5.92 Å². The van der Waals surface area contributed by atoms with Crippen LogP contribution >= 0.6 is 12.2 Å². The summed E-state index contributed by atoms with van der Waals surface area (Å²) < 4.78 is 0. The van der Waals surface area contributed by atoms with Crippen LogP contribution in [0.25, 0.3) is 0 Å². The molecule has 1 fully saturated rings. The van der Waals surface area contributed by atoms with Crippen LogP contribution in [-0.2, 0) is 0 Å². The Morgan fingerprint density at radius 1 is 1.15 bits per heavy atom. The van der Waals surface area contributed by atoms with Gasteiger partial charge in [0.05, 0.1) is 0 Å². The summed E-state index contributed by atoms with van der Waals surface area (Å²) in [5.74, 6) is 0.608. The van der Waals surface area contributed by atoms with Gasteiger partial charge in [-0.25, -0.2) is 0 Å². The lowest BCUT2D eigenvalue weighted by molar-refractivity contribution is -0.0142. The first-order chi connectivity index (χ1) is 5.79. The Bertz CT molecular complexity index is 190. The van der Waals surface area contributed by atoms with Gasteiger partial charge < -0.3 is 0 Å². The van der Waals surface area contributed by atoms with Crippen LogP contribution in [0.3, 0.4) is 0 Å². The molecule has 0 amide bonds. The third-order valence-corrected chi connectivity index (χ3v) is 3.92.